The molecule has 4 N–H and O–H groups in total. The van der Waals surface area contributed by atoms with Crippen LogP contribution in [0.3, 0.4) is 0 Å². The summed E-state index contributed by atoms with van der Waals surface area (Å²) >= 11 is 5.84. The van der Waals surface area contributed by atoms with Crippen LogP contribution >= 0.6 is 11.6 Å². The summed E-state index contributed by atoms with van der Waals surface area (Å²) in [5, 5.41) is 18.6. The molecule has 45 heavy (non-hydrogen) atoms. The maximum atomic E-state index is 15.2. The number of nitrogens with two attached hydrogens (primary N) is 1. The zero-order chi connectivity index (χ0) is 32.4. The van der Waals surface area contributed by atoms with Gasteiger partial charge in [0.05, 0.1) is 24.9 Å². The maximum absolute atomic E-state index is 15.2. The molecule has 2 atom stereocenters. The fourth-order valence-corrected chi connectivity index (χ4v) is 5.77. The van der Waals surface area contributed by atoms with E-state index < -0.39 is 59.0 Å². The number of fused-ring (bicyclic) bond motifs is 2. The second-order valence-corrected chi connectivity index (χ2v) is 11.8. The first kappa shape index (κ1) is 30.6. The lowest BCUT2D eigenvalue weighted by Crippen LogP contribution is -2.44. The van der Waals surface area contributed by atoms with Gasteiger partial charge in [-0.1, -0.05) is 11.6 Å². The molecule has 3 heterocycles. The molecule has 0 saturated heterocycles. The Hall–Kier alpha value is -4.43. The van der Waals surface area contributed by atoms with E-state index in [4.69, 9.17) is 26.8 Å². The van der Waals surface area contributed by atoms with E-state index in [-0.39, 0.29) is 56.5 Å². The van der Waals surface area contributed by atoms with Crippen molar-refractivity contribution in [1.29, 1.82) is 0 Å². The fourth-order valence-electron chi connectivity index (χ4n) is 5.58. The van der Waals surface area contributed by atoms with Crippen LogP contribution in [0.4, 0.5) is 17.6 Å². The van der Waals surface area contributed by atoms with E-state index in [1.807, 2.05) is 0 Å². The predicted molar refractivity (Wildman–Crippen MR) is 153 cm³/mol. The van der Waals surface area contributed by atoms with Gasteiger partial charge in [-0.05, 0) is 56.0 Å². The molecule has 1 unspecified atom stereocenters. The molecule has 10 nitrogen and oxygen atoms in total. The Morgan fingerprint density at radius 3 is 2.53 bits per heavy atom. The number of pyridine rings is 1. The molecule has 2 aliphatic rings. The molecule has 4 aromatic rings. The number of alkyl halides is 2. The molecule has 0 bridgehead atoms. The van der Waals surface area contributed by atoms with Gasteiger partial charge in [0, 0.05) is 27.7 Å². The Morgan fingerprint density at radius 1 is 1.24 bits per heavy atom. The maximum Gasteiger partial charge on any atom is 0.333 e. The number of carbonyl (C=O) groups is 2. The number of methoxy groups -OCH3 is 1. The predicted octanol–water partition coefficient (Wildman–Crippen LogP) is 4.60. The standard InChI is InChI=1S/C30H26ClF4N5O5/c1-29(27(36)42)12-45-25-17(29)9-21(38-24(25)22-18(32)7-16(31)8-19(22)33)30(43,15-3-4-15)11-37-26(41)13-5-14-10-40(28(34)35)39-23(14)20(6-13)44-2/h5-10,15,28,43H,3-4,11-12H2,1-2H3,(H2,36,42)(H,37,41)/t29-,30?/m0/s1. The van der Waals surface area contributed by atoms with E-state index in [1.54, 1.807) is 0 Å². The van der Waals surface area contributed by atoms with Crippen LogP contribution in [0.5, 0.6) is 11.5 Å². The Balaban J connectivity index is 1.41. The molecule has 0 spiro atoms. The molecule has 1 aliphatic carbocycles. The highest BCUT2D eigenvalue weighted by Crippen LogP contribution is 2.50. The van der Waals surface area contributed by atoms with Gasteiger partial charge in [-0.25, -0.2) is 18.4 Å². The van der Waals surface area contributed by atoms with Crippen LogP contribution in [0.25, 0.3) is 22.2 Å². The molecule has 1 aliphatic heterocycles. The fraction of sp³-hybridized carbons (Fsp3) is 0.333. The van der Waals surface area contributed by atoms with Crippen molar-refractivity contribution in [2.45, 2.75) is 37.3 Å². The molecular weight excluding hydrogens is 622 g/mol. The number of halogens is 5. The van der Waals surface area contributed by atoms with Gasteiger partial charge in [0.25, 0.3) is 5.91 Å². The van der Waals surface area contributed by atoms with Crippen LogP contribution in [0, 0.1) is 17.6 Å². The highest BCUT2D eigenvalue weighted by atomic mass is 35.5. The Morgan fingerprint density at radius 2 is 1.93 bits per heavy atom. The number of primary amides is 1. The van der Waals surface area contributed by atoms with Crippen LogP contribution in [0.15, 0.2) is 36.5 Å². The summed E-state index contributed by atoms with van der Waals surface area (Å²) in [6.07, 6.45) is 2.16. The van der Waals surface area contributed by atoms with Crippen molar-refractivity contribution in [1.82, 2.24) is 20.1 Å². The van der Waals surface area contributed by atoms with Crippen LogP contribution in [0.2, 0.25) is 5.02 Å². The Bertz CT molecular complexity index is 1860. The molecule has 1 saturated carbocycles. The largest absolute Gasteiger partial charge is 0.494 e. The zero-order valence-electron chi connectivity index (χ0n) is 23.8. The zero-order valence-corrected chi connectivity index (χ0v) is 24.6. The van der Waals surface area contributed by atoms with Crippen molar-refractivity contribution in [3.05, 3.63) is 70.0 Å². The van der Waals surface area contributed by atoms with E-state index in [2.05, 4.69) is 15.4 Å². The van der Waals surface area contributed by atoms with Gasteiger partial charge in [-0.2, -0.15) is 13.9 Å². The van der Waals surface area contributed by atoms with Crippen LogP contribution in [-0.4, -0.2) is 51.9 Å². The van der Waals surface area contributed by atoms with Crippen LogP contribution in [0.1, 0.15) is 47.9 Å². The molecular formula is C30H26ClF4N5O5. The van der Waals surface area contributed by atoms with Crippen LogP contribution < -0.4 is 20.5 Å². The van der Waals surface area contributed by atoms with Crippen molar-refractivity contribution < 1.29 is 41.7 Å². The van der Waals surface area contributed by atoms with Gasteiger partial charge < -0.3 is 25.6 Å². The molecule has 1 fully saturated rings. The van der Waals surface area contributed by atoms with Gasteiger partial charge in [-0.3, -0.25) is 9.59 Å². The Kier molecular flexibility index (Phi) is 7.39. The van der Waals surface area contributed by atoms with Crippen molar-refractivity contribution in [3.63, 3.8) is 0 Å². The normalized spacial score (nSPS) is 18.9. The number of aliphatic hydroxyl groups is 1. The highest BCUT2D eigenvalue weighted by molar-refractivity contribution is 6.30. The average Bonchev–Trinajstić information content (AvgIpc) is 3.66. The topological polar surface area (TPSA) is 142 Å². The monoisotopic (exact) mass is 647 g/mol. The van der Waals surface area contributed by atoms with Crippen LogP contribution in [-0.2, 0) is 15.8 Å². The minimum Gasteiger partial charge on any atom is -0.494 e. The summed E-state index contributed by atoms with van der Waals surface area (Å²) in [5.41, 5.74) is 1.78. The first-order valence-corrected chi connectivity index (χ1v) is 14.1. The number of rotatable bonds is 9. The number of hydrogen-bond acceptors (Lipinski definition) is 7. The number of ether oxygens (including phenoxy) is 2. The molecule has 0 radical (unpaired) electrons. The van der Waals surface area contributed by atoms with Gasteiger partial charge in [-0.15, -0.1) is 0 Å². The SMILES string of the molecule is COc1cc(C(=O)NCC(O)(c2cc3c(c(-c4c(F)cc(Cl)cc4F)n2)OC[C@]3(C)C(N)=O)C2CC2)cc2cn(C(F)F)nc12. The van der Waals surface area contributed by atoms with E-state index in [0.717, 1.165) is 18.3 Å². The number of aromatic nitrogens is 3. The summed E-state index contributed by atoms with van der Waals surface area (Å²) < 4.78 is 68.3. The quantitative estimate of drug-likeness (QED) is 0.226. The third kappa shape index (κ3) is 5.11. The second-order valence-electron chi connectivity index (χ2n) is 11.3. The highest BCUT2D eigenvalue weighted by Gasteiger charge is 2.50. The third-order valence-electron chi connectivity index (χ3n) is 8.35. The van der Waals surface area contributed by atoms with Gasteiger partial charge in [0.1, 0.15) is 52.0 Å². The van der Waals surface area contributed by atoms with E-state index >= 15 is 8.78 Å². The van der Waals surface area contributed by atoms with E-state index in [0.29, 0.717) is 17.5 Å². The lowest BCUT2D eigenvalue weighted by atomic mass is 9.81. The molecule has 2 amide bonds. The minimum absolute atomic E-state index is 0.0360. The second kappa shape index (κ2) is 10.9. The lowest BCUT2D eigenvalue weighted by Gasteiger charge is -2.30. The number of benzene rings is 2. The average molecular weight is 648 g/mol. The summed E-state index contributed by atoms with van der Waals surface area (Å²) in [4.78, 5) is 30.4. The van der Waals surface area contributed by atoms with Crippen molar-refractivity contribution in [3.8, 4) is 22.8 Å². The van der Waals surface area contributed by atoms with Gasteiger partial charge >= 0.3 is 6.55 Å². The number of nitrogens with one attached hydrogen (secondary N) is 1. The summed E-state index contributed by atoms with van der Waals surface area (Å²) in [5.74, 6) is -3.97. The van der Waals surface area contributed by atoms with Gasteiger partial charge in [0.15, 0.2) is 0 Å². The van der Waals surface area contributed by atoms with Crippen molar-refractivity contribution in [2.24, 2.45) is 11.7 Å². The van der Waals surface area contributed by atoms with E-state index in [9.17, 15) is 23.5 Å². The minimum atomic E-state index is -2.91. The Labute approximate surface area is 258 Å². The number of nitrogens with zero attached hydrogens (tertiary/aromatic N) is 3. The summed E-state index contributed by atoms with van der Waals surface area (Å²) in [6.45, 7) is -2.05. The number of carbonyl (C=O) groups excluding carboxylic acids is 2. The molecule has 2 aromatic carbocycles. The van der Waals surface area contributed by atoms with Crippen molar-refractivity contribution in [2.75, 3.05) is 20.3 Å². The number of hydrogen-bond donors (Lipinski definition) is 3. The third-order valence-corrected chi connectivity index (χ3v) is 8.57. The molecule has 2 aromatic heterocycles. The van der Waals surface area contributed by atoms with Gasteiger partial charge in [0.2, 0.25) is 5.91 Å². The number of amides is 2. The van der Waals surface area contributed by atoms with Crippen molar-refractivity contribution >= 4 is 34.3 Å². The summed E-state index contributed by atoms with van der Waals surface area (Å²) in [7, 11) is 1.30. The summed E-state index contributed by atoms with van der Waals surface area (Å²) in [6, 6.07) is 5.87. The first-order chi connectivity index (χ1) is 21.3. The molecule has 236 valence electrons. The van der Waals surface area contributed by atoms with E-state index in [1.165, 1.54) is 32.2 Å². The smallest absolute Gasteiger partial charge is 0.333 e. The lowest BCUT2D eigenvalue weighted by molar-refractivity contribution is -0.123. The first-order valence-electron chi connectivity index (χ1n) is 13.8. The molecule has 15 heteroatoms. The molecule has 6 rings (SSSR count).